The third-order valence-electron chi connectivity index (χ3n) is 3.39. The van der Waals surface area contributed by atoms with Gasteiger partial charge in [0.2, 0.25) is 0 Å². The van der Waals surface area contributed by atoms with Crippen LogP contribution in [0.5, 0.6) is 0 Å². The van der Waals surface area contributed by atoms with Gasteiger partial charge in [0, 0.05) is 6.04 Å². The van der Waals surface area contributed by atoms with Gasteiger partial charge in [-0.3, -0.25) is 0 Å². The van der Waals surface area contributed by atoms with Crippen molar-refractivity contribution in [3.8, 4) is 0 Å². The topological polar surface area (TPSA) is 12.0 Å². The maximum Gasteiger partial charge on any atom is 0.141 e. The van der Waals surface area contributed by atoms with Gasteiger partial charge in [-0.15, -0.1) is 0 Å². The number of rotatable bonds is 6. The minimum Gasteiger partial charge on any atom is -0.313 e. The highest BCUT2D eigenvalue weighted by molar-refractivity contribution is 6.30. The second-order valence-corrected chi connectivity index (χ2v) is 6.57. The summed E-state index contributed by atoms with van der Waals surface area (Å²) < 4.78 is 13.1. The van der Waals surface area contributed by atoms with E-state index in [0.29, 0.717) is 6.04 Å². The summed E-state index contributed by atoms with van der Waals surface area (Å²) >= 11 is 5.81. The molecule has 1 aromatic rings. The lowest BCUT2D eigenvalue weighted by Crippen LogP contribution is -2.41. The molecule has 19 heavy (non-hydrogen) atoms. The Morgan fingerprint density at radius 3 is 2.53 bits per heavy atom. The molecule has 0 amide bonds. The Labute approximate surface area is 121 Å². The van der Waals surface area contributed by atoms with E-state index in [1.165, 1.54) is 6.07 Å². The summed E-state index contributed by atoms with van der Waals surface area (Å²) in [4.78, 5) is 0. The van der Waals surface area contributed by atoms with Crippen LogP contribution in [0.2, 0.25) is 5.02 Å². The maximum atomic E-state index is 13.1. The van der Waals surface area contributed by atoms with Gasteiger partial charge in [0.15, 0.2) is 0 Å². The summed E-state index contributed by atoms with van der Waals surface area (Å²) in [5.41, 5.74) is 1.32. The Morgan fingerprint density at radius 2 is 2.00 bits per heavy atom. The first kappa shape index (κ1) is 16.5. The first-order valence-electron chi connectivity index (χ1n) is 7.02. The number of benzene rings is 1. The van der Waals surface area contributed by atoms with Crippen LogP contribution >= 0.6 is 11.6 Å². The minimum atomic E-state index is -0.345. The molecule has 1 atom stereocenters. The highest BCUT2D eigenvalue weighted by Crippen LogP contribution is 2.24. The van der Waals surface area contributed by atoms with Crippen molar-refractivity contribution in [1.82, 2.24) is 5.32 Å². The molecule has 0 fully saturated rings. The zero-order valence-corrected chi connectivity index (χ0v) is 13.1. The van der Waals surface area contributed by atoms with Gasteiger partial charge in [-0.25, -0.2) is 4.39 Å². The van der Waals surface area contributed by atoms with E-state index >= 15 is 0 Å². The molecular weight excluding hydrogens is 261 g/mol. The molecule has 0 saturated carbocycles. The largest absolute Gasteiger partial charge is 0.313 e. The molecule has 0 aliphatic heterocycles. The molecule has 0 aliphatic carbocycles. The molecule has 0 bridgehead atoms. The van der Waals surface area contributed by atoms with Crippen LogP contribution in [0.1, 0.15) is 46.1 Å². The highest BCUT2D eigenvalue weighted by atomic mass is 35.5. The summed E-state index contributed by atoms with van der Waals surface area (Å²) in [7, 11) is 0. The molecule has 0 saturated heterocycles. The van der Waals surface area contributed by atoms with E-state index in [0.717, 1.165) is 31.4 Å². The smallest absolute Gasteiger partial charge is 0.141 e. The van der Waals surface area contributed by atoms with Gasteiger partial charge >= 0.3 is 0 Å². The maximum absolute atomic E-state index is 13.1. The monoisotopic (exact) mass is 285 g/mol. The molecule has 1 unspecified atom stereocenters. The van der Waals surface area contributed by atoms with Crippen LogP contribution < -0.4 is 5.32 Å². The van der Waals surface area contributed by atoms with E-state index in [1.54, 1.807) is 6.07 Å². The quantitative estimate of drug-likeness (QED) is 0.790. The fourth-order valence-corrected chi connectivity index (χ4v) is 2.37. The third kappa shape index (κ3) is 5.50. The summed E-state index contributed by atoms with van der Waals surface area (Å²) in [5, 5.41) is 3.81. The fourth-order valence-electron chi connectivity index (χ4n) is 2.17. The van der Waals surface area contributed by atoms with Crippen LogP contribution in [-0.2, 0) is 6.42 Å². The van der Waals surface area contributed by atoms with Gasteiger partial charge < -0.3 is 5.32 Å². The van der Waals surface area contributed by atoms with Crippen molar-refractivity contribution in [2.24, 2.45) is 5.41 Å². The lowest BCUT2D eigenvalue weighted by atomic mass is 9.83. The van der Waals surface area contributed by atoms with E-state index < -0.39 is 0 Å². The second-order valence-electron chi connectivity index (χ2n) is 6.16. The van der Waals surface area contributed by atoms with Crippen molar-refractivity contribution >= 4 is 11.6 Å². The molecule has 1 nitrogen and oxygen atoms in total. The Balaban J connectivity index is 2.62. The zero-order valence-electron chi connectivity index (χ0n) is 12.4. The van der Waals surface area contributed by atoms with Crippen LogP contribution in [0.25, 0.3) is 0 Å². The molecule has 1 rings (SSSR count). The molecule has 0 spiro atoms. The average molecular weight is 286 g/mol. The lowest BCUT2D eigenvalue weighted by molar-refractivity contribution is 0.255. The molecule has 3 heteroatoms. The molecule has 0 radical (unpaired) electrons. The molecule has 0 aliphatic rings. The normalized spacial score (nSPS) is 13.6. The van der Waals surface area contributed by atoms with Crippen LogP contribution in [0.4, 0.5) is 4.39 Å². The summed E-state index contributed by atoms with van der Waals surface area (Å²) in [6.07, 6.45) is 3.08. The molecule has 0 heterocycles. The van der Waals surface area contributed by atoms with Crippen LogP contribution in [0.15, 0.2) is 18.2 Å². The van der Waals surface area contributed by atoms with Crippen LogP contribution in [-0.4, -0.2) is 12.6 Å². The minimum absolute atomic E-state index is 0.214. The molecule has 1 N–H and O–H groups in total. The van der Waals surface area contributed by atoms with E-state index in [2.05, 4.69) is 33.0 Å². The SMILES string of the molecule is CCCNC(CCc1ccc(F)c(Cl)c1)C(C)(C)C. The van der Waals surface area contributed by atoms with E-state index in [1.807, 2.05) is 6.07 Å². The van der Waals surface area contributed by atoms with Crippen molar-refractivity contribution < 1.29 is 4.39 Å². The van der Waals surface area contributed by atoms with Crippen molar-refractivity contribution in [1.29, 1.82) is 0 Å². The van der Waals surface area contributed by atoms with Crippen molar-refractivity contribution in [3.63, 3.8) is 0 Å². The predicted molar refractivity (Wildman–Crippen MR) is 81.3 cm³/mol. The number of nitrogens with one attached hydrogen (secondary N) is 1. The Morgan fingerprint density at radius 1 is 1.32 bits per heavy atom. The second kappa shape index (κ2) is 7.25. The highest BCUT2D eigenvalue weighted by Gasteiger charge is 2.23. The number of aryl methyl sites for hydroxylation is 1. The van der Waals surface area contributed by atoms with E-state index in [4.69, 9.17) is 11.6 Å². The number of halogens is 2. The summed E-state index contributed by atoms with van der Waals surface area (Å²) in [6, 6.07) is 5.46. The molecule has 108 valence electrons. The van der Waals surface area contributed by atoms with Gasteiger partial charge in [-0.1, -0.05) is 45.4 Å². The Hall–Kier alpha value is -0.600. The first-order valence-corrected chi connectivity index (χ1v) is 7.39. The van der Waals surface area contributed by atoms with Gasteiger partial charge in [0.1, 0.15) is 5.82 Å². The van der Waals surface area contributed by atoms with E-state index in [-0.39, 0.29) is 16.3 Å². The zero-order chi connectivity index (χ0) is 14.5. The molecule has 0 aromatic heterocycles. The van der Waals surface area contributed by atoms with Gasteiger partial charge in [0.05, 0.1) is 5.02 Å². The summed E-state index contributed by atoms with van der Waals surface area (Å²) in [6.45, 7) is 9.95. The van der Waals surface area contributed by atoms with Gasteiger partial charge in [-0.05, 0) is 48.9 Å². The standard InChI is InChI=1S/C16H25ClFN/c1-5-10-19-15(16(2,3)4)9-7-12-6-8-14(18)13(17)11-12/h6,8,11,15,19H,5,7,9-10H2,1-4H3. The van der Waals surface area contributed by atoms with Crippen molar-refractivity contribution in [2.45, 2.75) is 53.0 Å². The van der Waals surface area contributed by atoms with Crippen molar-refractivity contribution in [3.05, 3.63) is 34.6 Å². The van der Waals surface area contributed by atoms with Crippen LogP contribution in [0.3, 0.4) is 0 Å². The predicted octanol–water partition coefficient (Wildman–Crippen LogP) is 4.83. The number of hydrogen-bond donors (Lipinski definition) is 1. The van der Waals surface area contributed by atoms with Gasteiger partial charge in [0.25, 0.3) is 0 Å². The van der Waals surface area contributed by atoms with Gasteiger partial charge in [-0.2, -0.15) is 0 Å². The summed E-state index contributed by atoms with van der Waals surface area (Å²) in [5.74, 6) is -0.345. The third-order valence-corrected chi connectivity index (χ3v) is 3.68. The molecule has 1 aromatic carbocycles. The first-order chi connectivity index (χ1) is 8.84. The Kier molecular flexibility index (Phi) is 6.28. The van der Waals surface area contributed by atoms with Crippen LogP contribution in [0, 0.1) is 11.2 Å². The fraction of sp³-hybridized carbons (Fsp3) is 0.625. The average Bonchev–Trinajstić information content (AvgIpc) is 2.32. The molecular formula is C16H25ClFN. The Bertz CT molecular complexity index is 398. The van der Waals surface area contributed by atoms with Crippen molar-refractivity contribution in [2.75, 3.05) is 6.54 Å². The van der Waals surface area contributed by atoms with E-state index in [9.17, 15) is 4.39 Å². The number of hydrogen-bond acceptors (Lipinski definition) is 1. The lowest BCUT2D eigenvalue weighted by Gasteiger charge is -2.32.